The summed E-state index contributed by atoms with van der Waals surface area (Å²) in [5.41, 5.74) is 6.83. The van der Waals surface area contributed by atoms with Gasteiger partial charge in [-0.2, -0.15) is 0 Å². The molecule has 0 amide bonds. The maximum Gasteiger partial charge on any atom is 0.193 e. The Morgan fingerprint density at radius 2 is 1.89 bits per heavy atom. The molecule has 3 rings (SSSR count). The number of aliphatic imine (C=N–C) groups is 1. The van der Waals surface area contributed by atoms with Crippen LogP contribution >= 0.6 is 24.0 Å². The topological polar surface area (TPSA) is 78.1 Å². The number of guanidine groups is 1. The van der Waals surface area contributed by atoms with Gasteiger partial charge in [0.1, 0.15) is 0 Å². The van der Waals surface area contributed by atoms with E-state index in [9.17, 15) is 0 Å². The quantitative estimate of drug-likeness (QED) is 0.354. The number of nitrogens with one attached hydrogen (secondary N) is 1. The molecule has 0 atom stereocenters. The van der Waals surface area contributed by atoms with Crippen LogP contribution in [0.15, 0.2) is 23.2 Å². The van der Waals surface area contributed by atoms with Gasteiger partial charge in [-0.05, 0) is 31.4 Å². The zero-order valence-corrected chi connectivity index (χ0v) is 18.5. The van der Waals surface area contributed by atoms with Crippen LogP contribution in [-0.4, -0.2) is 37.9 Å². The van der Waals surface area contributed by atoms with Gasteiger partial charge in [-0.15, -0.1) is 24.0 Å². The highest BCUT2D eigenvalue weighted by atomic mass is 127. The average molecular weight is 489 g/mol. The van der Waals surface area contributed by atoms with Crippen molar-refractivity contribution in [2.45, 2.75) is 57.5 Å². The fourth-order valence-corrected chi connectivity index (χ4v) is 3.52. The zero-order valence-electron chi connectivity index (χ0n) is 16.2. The molecule has 1 aromatic rings. The third kappa shape index (κ3) is 6.41. The van der Waals surface area contributed by atoms with Crippen molar-refractivity contribution in [3.05, 3.63) is 18.2 Å². The standard InChI is InChI=1S/C20H31N3O3.HI/c1-2-11-26-20(9-4-3-5-10-20)15-22-19(21)23-16-7-8-17-18(14-16)25-13-6-12-24-17;/h7-8,14H,2-6,9-13,15H2,1H3,(H3,21,22,23);1H. The van der Waals surface area contributed by atoms with Gasteiger partial charge in [0.2, 0.25) is 0 Å². The monoisotopic (exact) mass is 489 g/mol. The van der Waals surface area contributed by atoms with Crippen molar-refractivity contribution in [1.29, 1.82) is 0 Å². The van der Waals surface area contributed by atoms with Crippen LogP contribution in [0.25, 0.3) is 0 Å². The Labute approximate surface area is 179 Å². The average Bonchev–Trinajstić information content (AvgIpc) is 2.91. The minimum absolute atomic E-state index is 0. The number of halogens is 1. The summed E-state index contributed by atoms with van der Waals surface area (Å²) in [5.74, 6) is 1.93. The number of ether oxygens (including phenoxy) is 3. The van der Waals surface area contributed by atoms with Gasteiger partial charge in [-0.25, -0.2) is 0 Å². The van der Waals surface area contributed by atoms with Crippen LogP contribution in [0, 0.1) is 0 Å². The van der Waals surface area contributed by atoms with E-state index >= 15 is 0 Å². The van der Waals surface area contributed by atoms with Crippen molar-refractivity contribution in [3.63, 3.8) is 0 Å². The van der Waals surface area contributed by atoms with Crippen molar-refractivity contribution in [2.75, 3.05) is 31.7 Å². The molecule has 1 heterocycles. The smallest absolute Gasteiger partial charge is 0.193 e. The molecule has 0 saturated heterocycles. The molecule has 0 aromatic heterocycles. The summed E-state index contributed by atoms with van der Waals surface area (Å²) in [7, 11) is 0. The molecular weight excluding hydrogens is 457 g/mol. The second-order valence-corrected chi connectivity index (χ2v) is 7.13. The van der Waals surface area contributed by atoms with E-state index in [0.29, 0.717) is 25.7 Å². The van der Waals surface area contributed by atoms with Crippen molar-refractivity contribution >= 4 is 35.6 Å². The molecule has 0 radical (unpaired) electrons. The third-order valence-corrected chi connectivity index (χ3v) is 4.93. The van der Waals surface area contributed by atoms with E-state index in [1.807, 2.05) is 18.2 Å². The Morgan fingerprint density at radius 1 is 1.15 bits per heavy atom. The molecule has 7 heteroatoms. The van der Waals surface area contributed by atoms with E-state index in [0.717, 1.165) is 49.5 Å². The Morgan fingerprint density at radius 3 is 2.63 bits per heavy atom. The second kappa shape index (κ2) is 10.9. The fourth-order valence-electron chi connectivity index (χ4n) is 3.52. The number of benzene rings is 1. The predicted octanol–water partition coefficient (Wildman–Crippen LogP) is 4.32. The Bertz CT molecular complexity index is 618. The molecule has 0 unspecified atom stereocenters. The molecule has 1 aromatic carbocycles. The van der Waals surface area contributed by atoms with Crippen LogP contribution in [0.3, 0.4) is 0 Å². The van der Waals surface area contributed by atoms with Gasteiger partial charge >= 0.3 is 0 Å². The molecular formula is C20H32IN3O3. The summed E-state index contributed by atoms with van der Waals surface area (Å²) >= 11 is 0. The lowest BCUT2D eigenvalue weighted by Crippen LogP contribution is -2.39. The normalized spacial score (nSPS) is 18.9. The first-order valence-corrected chi connectivity index (χ1v) is 9.81. The minimum atomic E-state index is -0.148. The number of hydrogen-bond donors (Lipinski definition) is 2. The van der Waals surface area contributed by atoms with E-state index in [1.54, 1.807) is 0 Å². The van der Waals surface area contributed by atoms with Crippen molar-refractivity contribution < 1.29 is 14.2 Å². The lowest BCUT2D eigenvalue weighted by atomic mass is 9.84. The number of nitrogens with two attached hydrogens (primary N) is 1. The first-order chi connectivity index (χ1) is 12.7. The maximum absolute atomic E-state index is 6.18. The largest absolute Gasteiger partial charge is 0.490 e. The molecule has 6 nitrogen and oxygen atoms in total. The number of fused-ring (bicyclic) bond motifs is 1. The molecule has 2 aliphatic rings. The van der Waals surface area contributed by atoms with Crippen molar-refractivity contribution in [2.24, 2.45) is 10.7 Å². The van der Waals surface area contributed by atoms with Gasteiger partial charge in [0.15, 0.2) is 17.5 Å². The Hall–Kier alpha value is -1.22. The van der Waals surface area contributed by atoms with Crippen LogP contribution in [-0.2, 0) is 4.74 Å². The maximum atomic E-state index is 6.18. The van der Waals surface area contributed by atoms with Crippen LogP contribution in [0.4, 0.5) is 5.69 Å². The summed E-state index contributed by atoms with van der Waals surface area (Å²) in [6, 6.07) is 5.75. The third-order valence-electron chi connectivity index (χ3n) is 4.93. The van der Waals surface area contributed by atoms with E-state index < -0.39 is 0 Å². The molecule has 3 N–H and O–H groups in total. The highest BCUT2D eigenvalue weighted by molar-refractivity contribution is 14.0. The van der Waals surface area contributed by atoms with Crippen molar-refractivity contribution in [3.8, 4) is 11.5 Å². The summed E-state index contributed by atoms with van der Waals surface area (Å²) in [4.78, 5) is 4.59. The molecule has 152 valence electrons. The molecule has 1 fully saturated rings. The van der Waals surface area contributed by atoms with E-state index in [2.05, 4.69) is 17.2 Å². The van der Waals surface area contributed by atoms with E-state index in [1.165, 1.54) is 19.3 Å². The van der Waals surface area contributed by atoms with Gasteiger partial charge in [0, 0.05) is 24.8 Å². The van der Waals surface area contributed by atoms with Gasteiger partial charge in [-0.3, -0.25) is 4.99 Å². The van der Waals surface area contributed by atoms with Crippen LogP contribution in [0.2, 0.25) is 0 Å². The van der Waals surface area contributed by atoms with Gasteiger partial charge in [-0.1, -0.05) is 26.2 Å². The number of hydrogen-bond acceptors (Lipinski definition) is 4. The minimum Gasteiger partial charge on any atom is -0.490 e. The first-order valence-electron chi connectivity index (χ1n) is 9.81. The number of nitrogens with zero attached hydrogens (tertiary/aromatic N) is 1. The summed E-state index contributed by atoms with van der Waals surface area (Å²) in [6.45, 7) is 4.88. The summed E-state index contributed by atoms with van der Waals surface area (Å²) in [6.07, 6.45) is 7.73. The zero-order chi connectivity index (χ0) is 18.2. The second-order valence-electron chi connectivity index (χ2n) is 7.13. The lowest BCUT2D eigenvalue weighted by molar-refractivity contribution is -0.0624. The Kier molecular flexibility index (Phi) is 8.95. The van der Waals surface area contributed by atoms with Gasteiger partial charge in [0.05, 0.1) is 25.4 Å². The summed E-state index contributed by atoms with van der Waals surface area (Å²) in [5, 5.41) is 3.16. The molecule has 27 heavy (non-hydrogen) atoms. The van der Waals surface area contributed by atoms with Crippen LogP contribution < -0.4 is 20.5 Å². The van der Waals surface area contributed by atoms with Gasteiger partial charge in [0.25, 0.3) is 0 Å². The van der Waals surface area contributed by atoms with Crippen LogP contribution in [0.1, 0.15) is 51.9 Å². The SMILES string of the molecule is CCCOC1(CN=C(N)Nc2ccc3c(c2)OCCCO3)CCCCC1.I. The van der Waals surface area contributed by atoms with E-state index in [-0.39, 0.29) is 29.6 Å². The molecule has 1 saturated carbocycles. The molecule has 0 bridgehead atoms. The molecule has 0 spiro atoms. The number of rotatable bonds is 6. The highest BCUT2D eigenvalue weighted by Gasteiger charge is 2.32. The fraction of sp³-hybridized carbons (Fsp3) is 0.650. The van der Waals surface area contributed by atoms with E-state index in [4.69, 9.17) is 19.9 Å². The number of anilines is 1. The molecule has 1 aliphatic heterocycles. The van der Waals surface area contributed by atoms with Crippen molar-refractivity contribution in [1.82, 2.24) is 0 Å². The highest BCUT2D eigenvalue weighted by Crippen LogP contribution is 2.33. The Balaban J connectivity index is 0.00000261. The van der Waals surface area contributed by atoms with Gasteiger partial charge < -0.3 is 25.3 Å². The lowest BCUT2D eigenvalue weighted by Gasteiger charge is -2.36. The predicted molar refractivity (Wildman–Crippen MR) is 120 cm³/mol. The molecule has 1 aliphatic carbocycles. The van der Waals surface area contributed by atoms with Crippen LogP contribution in [0.5, 0.6) is 11.5 Å². The summed E-state index contributed by atoms with van der Waals surface area (Å²) < 4.78 is 17.6. The first kappa shape index (κ1) is 22.1.